The summed E-state index contributed by atoms with van der Waals surface area (Å²) in [5.41, 5.74) is 2.41. The summed E-state index contributed by atoms with van der Waals surface area (Å²) >= 11 is 0. The molecule has 1 N–H and O–H groups in total. The van der Waals surface area contributed by atoms with Crippen molar-refractivity contribution in [1.82, 2.24) is 0 Å². The lowest BCUT2D eigenvalue weighted by Gasteiger charge is -2.26. The van der Waals surface area contributed by atoms with Crippen LogP contribution in [0.3, 0.4) is 0 Å². The normalized spacial score (nSPS) is 18.0. The van der Waals surface area contributed by atoms with Gasteiger partial charge < -0.3 is 19.3 Å². The number of rotatable bonds is 8. The highest BCUT2D eigenvalue weighted by atomic mass is 19.2. The van der Waals surface area contributed by atoms with Crippen LogP contribution in [0.2, 0.25) is 0 Å². The Morgan fingerprint density at radius 2 is 1.59 bits per heavy atom. The van der Waals surface area contributed by atoms with Gasteiger partial charge in [-0.2, -0.15) is 4.39 Å². The Hall–Kier alpha value is -3.13. The van der Waals surface area contributed by atoms with E-state index in [1.165, 1.54) is 18.2 Å². The molecule has 0 amide bonds. The number of hydrogen-bond acceptors (Lipinski definition) is 4. The van der Waals surface area contributed by atoms with Gasteiger partial charge >= 0.3 is 0 Å². The molecule has 178 valence electrons. The van der Waals surface area contributed by atoms with E-state index >= 15 is 0 Å². The van der Waals surface area contributed by atoms with Crippen LogP contribution in [0, 0.1) is 17.5 Å². The summed E-state index contributed by atoms with van der Waals surface area (Å²) in [4.78, 5) is 0. The maximum atomic E-state index is 14.7. The van der Waals surface area contributed by atoms with Gasteiger partial charge in [0.05, 0.1) is 19.8 Å². The van der Waals surface area contributed by atoms with Crippen LogP contribution in [0.25, 0.3) is 22.3 Å². The summed E-state index contributed by atoms with van der Waals surface area (Å²) in [6.07, 6.45) is 3.14. The zero-order valence-corrected chi connectivity index (χ0v) is 18.5. The molecule has 3 aromatic carbocycles. The van der Waals surface area contributed by atoms with E-state index in [9.17, 15) is 18.3 Å². The molecular weight excluding hydrogens is 445 g/mol. The fraction of sp³-hybridized carbons (Fsp3) is 0.259. The van der Waals surface area contributed by atoms with Crippen LogP contribution in [-0.2, 0) is 9.47 Å². The van der Waals surface area contributed by atoms with Gasteiger partial charge in [-0.15, -0.1) is 6.58 Å². The van der Waals surface area contributed by atoms with Crippen molar-refractivity contribution in [3.05, 3.63) is 90.3 Å². The molecule has 0 radical (unpaired) electrons. The lowest BCUT2D eigenvalue weighted by atomic mass is 9.95. The molecule has 4 rings (SSSR count). The Bertz CT molecular complexity index is 1140. The van der Waals surface area contributed by atoms with Gasteiger partial charge in [-0.3, -0.25) is 0 Å². The topological polar surface area (TPSA) is 47.9 Å². The average molecular weight is 470 g/mol. The van der Waals surface area contributed by atoms with Crippen LogP contribution in [0.1, 0.15) is 24.3 Å². The van der Waals surface area contributed by atoms with Crippen molar-refractivity contribution in [3.63, 3.8) is 0 Å². The van der Waals surface area contributed by atoms with Crippen LogP contribution in [0.4, 0.5) is 13.2 Å². The molecule has 1 saturated heterocycles. The predicted octanol–water partition coefficient (Wildman–Crippen LogP) is 6.19. The molecule has 1 aliphatic rings. The second-order valence-electron chi connectivity index (χ2n) is 8.00. The van der Waals surface area contributed by atoms with Crippen LogP contribution < -0.4 is 4.74 Å². The first kappa shape index (κ1) is 24.0. The molecule has 7 heteroatoms. The molecule has 34 heavy (non-hydrogen) atoms. The summed E-state index contributed by atoms with van der Waals surface area (Å²) in [7, 11) is 0. The van der Waals surface area contributed by atoms with Gasteiger partial charge in [0.1, 0.15) is 5.82 Å². The maximum Gasteiger partial charge on any atom is 0.269 e. The standard InChI is InChI=1S/C27H25F3O4/c1-2-3-4-13-32-24-12-11-22(25(29)26(24)30)18-7-5-17(6-8-18)19-9-10-21(23(28)14-19)20-15-33-27(31)34-16-20/h2,5-12,14,20,27,31H,1,3-4,13,15-16H2. The van der Waals surface area contributed by atoms with E-state index in [0.29, 0.717) is 23.1 Å². The zero-order chi connectivity index (χ0) is 24.1. The van der Waals surface area contributed by atoms with Crippen molar-refractivity contribution in [2.45, 2.75) is 25.2 Å². The largest absolute Gasteiger partial charge is 0.490 e. The Kier molecular flexibility index (Phi) is 7.67. The summed E-state index contributed by atoms with van der Waals surface area (Å²) in [6.45, 7) is 2.93. The molecule has 1 aliphatic heterocycles. The van der Waals surface area contributed by atoms with Crippen molar-refractivity contribution < 1.29 is 32.5 Å². The smallest absolute Gasteiger partial charge is 0.269 e. The van der Waals surface area contributed by atoms with Gasteiger partial charge in [0.15, 0.2) is 11.6 Å². The van der Waals surface area contributed by atoms with E-state index in [4.69, 9.17) is 14.2 Å². The van der Waals surface area contributed by atoms with Crippen molar-refractivity contribution in [2.24, 2.45) is 0 Å². The van der Waals surface area contributed by atoms with E-state index in [2.05, 4.69) is 6.58 Å². The third-order valence-corrected chi connectivity index (χ3v) is 5.71. The van der Waals surface area contributed by atoms with Crippen molar-refractivity contribution in [2.75, 3.05) is 19.8 Å². The van der Waals surface area contributed by atoms with E-state index < -0.39 is 23.9 Å². The molecule has 0 saturated carbocycles. The van der Waals surface area contributed by atoms with Crippen molar-refractivity contribution in [1.29, 1.82) is 0 Å². The minimum Gasteiger partial charge on any atom is -0.490 e. The van der Waals surface area contributed by atoms with Gasteiger partial charge in [0.2, 0.25) is 5.82 Å². The number of hydrogen-bond donors (Lipinski definition) is 1. The molecule has 0 aromatic heterocycles. The quantitative estimate of drug-likeness (QED) is 0.315. The second kappa shape index (κ2) is 10.9. The summed E-state index contributed by atoms with van der Waals surface area (Å²) < 4.78 is 59.3. The van der Waals surface area contributed by atoms with Gasteiger partial charge in [0, 0.05) is 11.5 Å². The van der Waals surface area contributed by atoms with Crippen LogP contribution in [0.5, 0.6) is 5.75 Å². The number of aliphatic hydroxyl groups excluding tert-OH is 1. The van der Waals surface area contributed by atoms with Crippen LogP contribution in [-0.4, -0.2) is 31.4 Å². The van der Waals surface area contributed by atoms with Crippen molar-refractivity contribution in [3.8, 4) is 28.0 Å². The number of benzene rings is 3. The lowest BCUT2D eigenvalue weighted by Crippen LogP contribution is -2.30. The van der Waals surface area contributed by atoms with Crippen LogP contribution in [0.15, 0.2) is 67.3 Å². The lowest BCUT2D eigenvalue weighted by molar-refractivity contribution is -0.293. The molecule has 1 fully saturated rings. The highest BCUT2D eigenvalue weighted by Crippen LogP contribution is 2.33. The predicted molar refractivity (Wildman–Crippen MR) is 123 cm³/mol. The van der Waals surface area contributed by atoms with Gasteiger partial charge in [0.25, 0.3) is 6.48 Å². The first-order valence-corrected chi connectivity index (χ1v) is 11.0. The molecule has 0 bridgehead atoms. The van der Waals surface area contributed by atoms with E-state index in [1.807, 2.05) is 0 Å². The Morgan fingerprint density at radius 1 is 0.912 bits per heavy atom. The highest BCUT2D eigenvalue weighted by molar-refractivity contribution is 5.71. The minimum absolute atomic E-state index is 0.114. The van der Waals surface area contributed by atoms with E-state index in [0.717, 1.165) is 12.0 Å². The average Bonchev–Trinajstić information content (AvgIpc) is 2.85. The molecule has 0 atom stereocenters. The van der Waals surface area contributed by atoms with Crippen LogP contribution >= 0.6 is 0 Å². The number of aliphatic hydroxyl groups is 1. The molecule has 3 aromatic rings. The first-order chi connectivity index (χ1) is 16.5. The van der Waals surface area contributed by atoms with Crippen molar-refractivity contribution >= 4 is 0 Å². The molecular formula is C27H25F3O4. The van der Waals surface area contributed by atoms with E-state index in [1.54, 1.807) is 42.5 Å². The van der Waals surface area contributed by atoms with Gasteiger partial charge in [-0.05, 0) is 53.3 Å². The first-order valence-electron chi connectivity index (χ1n) is 11.0. The SMILES string of the molecule is C=CCCCOc1ccc(-c2ccc(-c3ccc(C4COC(O)OC4)c(F)c3)cc2)c(F)c1F. The number of halogens is 3. The molecule has 0 unspecified atom stereocenters. The molecule has 1 heterocycles. The Morgan fingerprint density at radius 3 is 2.26 bits per heavy atom. The third-order valence-electron chi connectivity index (χ3n) is 5.71. The monoisotopic (exact) mass is 470 g/mol. The number of ether oxygens (including phenoxy) is 3. The molecule has 0 aliphatic carbocycles. The second-order valence-corrected chi connectivity index (χ2v) is 8.00. The maximum absolute atomic E-state index is 14.7. The zero-order valence-electron chi connectivity index (χ0n) is 18.5. The third kappa shape index (κ3) is 5.33. The molecule has 4 nitrogen and oxygen atoms in total. The minimum atomic E-state index is -1.28. The highest BCUT2D eigenvalue weighted by Gasteiger charge is 2.24. The Balaban J connectivity index is 1.49. The van der Waals surface area contributed by atoms with Gasteiger partial charge in [-0.1, -0.05) is 42.5 Å². The fourth-order valence-electron chi connectivity index (χ4n) is 3.83. The summed E-state index contributed by atoms with van der Waals surface area (Å²) in [6, 6.07) is 14.5. The van der Waals surface area contributed by atoms with Gasteiger partial charge in [-0.25, -0.2) is 8.78 Å². The summed E-state index contributed by atoms with van der Waals surface area (Å²) in [5, 5.41) is 9.25. The summed E-state index contributed by atoms with van der Waals surface area (Å²) in [5.74, 6) is -2.85. The Labute approximate surface area is 196 Å². The number of allylic oxidation sites excluding steroid dienone is 1. The fourth-order valence-corrected chi connectivity index (χ4v) is 3.83. The van der Waals surface area contributed by atoms with E-state index in [-0.39, 0.29) is 37.1 Å². The molecule has 0 spiro atoms. The number of unbranched alkanes of at least 4 members (excludes halogenated alkanes) is 1.